The monoisotopic (exact) mass is 370 g/mol. The molecular formula is C19H19FN4O3. The molecule has 0 radical (unpaired) electrons. The highest BCUT2D eigenvalue weighted by Crippen LogP contribution is 2.30. The van der Waals surface area contributed by atoms with Crippen molar-refractivity contribution in [3.8, 4) is 5.75 Å². The second kappa shape index (κ2) is 7.71. The summed E-state index contributed by atoms with van der Waals surface area (Å²) in [6.07, 6.45) is 6.47. The van der Waals surface area contributed by atoms with Crippen molar-refractivity contribution in [3.05, 3.63) is 53.6 Å². The van der Waals surface area contributed by atoms with E-state index in [1.54, 1.807) is 29.4 Å². The number of ether oxygens (including phenoxy) is 2. The van der Waals surface area contributed by atoms with E-state index in [1.807, 2.05) is 4.90 Å². The van der Waals surface area contributed by atoms with E-state index in [4.69, 9.17) is 9.47 Å². The first-order valence-corrected chi connectivity index (χ1v) is 8.72. The number of hydrogen-bond acceptors (Lipinski definition) is 6. The molecular weight excluding hydrogens is 351 g/mol. The molecule has 27 heavy (non-hydrogen) atoms. The van der Waals surface area contributed by atoms with Crippen LogP contribution in [0.4, 0.5) is 10.3 Å². The molecule has 0 N–H and O–H groups in total. The van der Waals surface area contributed by atoms with Crippen LogP contribution in [-0.4, -0.2) is 53.7 Å². The molecule has 8 heteroatoms. The zero-order valence-electron chi connectivity index (χ0n) is 14.7. The molecule has 1 saturated heterocycles. The molecule has 2 aromatic rings. The first-order chi connectivity index (χ1) is 13.2. The number of rotatable bonds is 3. The molecule has 140 valence electrons. The van der Waals surface area contributed by atoms with Crippen molar-refractivity contribution in [2.75, 3.05) is 37.9 Å². The molecule has 0 aliphatic carbocycles. The van der Waals surface area contributed by atoms with Gasteiger partial charge in [-0.05, 0) is 24.3 Å². The lowest BCUT2D eigenvalue weighted by Crippen LogP contribution is -2.48. The van der Waals surface area contributed by atoms with E-state index in [9.17, 15) is 9.18 Å². The lowest BCUT2D eigenvalue weighted by Gasteiger charge is -2.34. The number of nitrogens with zero attached hydrogens (tertiary/aromatic N) is 4. The van der Waals surface area contributed by atoms with Gasteiger partial charge in [0.15, 0.2) is 6.79 Å². The number of carbonyl (C=O) groups excluding carboxylic acids is 1. The molecule has 2 aliphatic rings. The van der Waals surface area contributed by atoms with Crippen LogP contribution in [0.1, 0.15) is 11.1 Å². The molecule has 1 aromatic heterocycles. The van der Waals surface area contributed by atoms with Gasteiger partial charge in [-0.25, -0.2) is 14.4 Å². The average molecular weight is 370 g/mol. The summed E-state index contributed by atoms with van der Waals surface area (Å²) in [5.41, 5.74) is 1.18. The van der Waals surface area contributed by atoms with Crippen LogP contribution in [0.3, 0.4) is 0 Å². The Labute approximate surface area is 156 Å². The molecule has 1 aromatic carbocycles. The molecule has 3 heterocycles. The molecule has 0 unspecified atom stereocenters. The molecule has 0 atom stereocenters. The number of benzene rings is 1. The third kappa shape index (κ3) is 3.90. The Morgan fingerprint density at radius 1 is 1.15 bits per heavy atom. The SMILES string of the molecule is O=C(C=Cc1cc(F)cc2c1OCOC2)N1CCN(c2ncccn2)CC1. The molecule has 2 aliphatic heterocycles. The van der Waals surface area contributed by atoms with Gasteiger partial charge in [0.1, 0.15) is 11.6 Å². The summed E-state index contributed by atoms with van der Waals surface area (Å²) < 4.78 is 24.4. The van der Waals surface area contributed by atoms with Crippen LogP contribution in [-0.2, 0) is 16.1 Å². The maximum Gasteiger partial charge on any atom is 0.246 e. The molecule has 0 spiro atoms. The summed E-state index contributed by atoms with van der Waals surface area (Å²) in [6.45, 7) is 2.90. The van der Waals surface area contributed by atoms with E-state index in [-0.39, 0.29) is 18.5 Å². The Morgan fingerprint density at radius 3 is 2.70 bits per heavy atom. The maximum absolute atomic E-state index is 13.8. The standard InChI is InChI=1S/C19H19FN4O3/c20-16-10-14(18-15(11-16)12-26-13-27-18)2-3-17(25)23-6-8-24(9-7-23)19-21-4-1-5-22-19/h1-5,10-11H,6-9,12-13H2. The lowest BCUT2D eigenvalue weighted by atomic mass is 10.1. The molecule has 1 amide bonds. The predicted molar refractivity (Wildman–Crippen MR) is 96.5 cm³/mol. The number of fused-ring (bicyclic) bond motifs is 1. The number of carbonyl (C=O) groups is 1. The van der Waals surface area contributed by atoms with Crippen LogP contribution >= 0.6 is 0 Å². The normalized spacial score (nSPS) is 16.9. The molecule has 0 saturated carbocycles. The number of anilines is 1. The van der Waals surface area contributed by atoms with Gasteiger partial charge in [0.2, 0.25) is 11.9 Å². The number of halogens is 1. The molecule has 1 fully saturated rings. The topological polar surface area (TPSA) is 67.8 Å². The fraction of sp³-hybridized carbons (Fsp3) is 0.316. The van der Waals surface area contributed by atoms with Crippen LogP contribution in [0.2, 0.25) is 0 Å². The van der Waals surface area contributed by atoms with Crippen LogP contribution in [0.25, 0.3) is 6.08 Å². The Hall–Kier alpha value is -3.00. The Balaban J connectivity index is 1.41. The van der Waals surface area contributed by atoms with Crippen LogP contribution in [0.5, 0.6) is 5.75 Å². The van der Waals surface area contributed by atoms with Gasteiger partial charge in [-0.1, -0.05) is 0 Å². The first-order valence-electron chi connectivity index (χ1n) is 8.72. The minimum atomic E-state index is -0.383. The van der Waals surface area contributed by atoms with E-state index >= 15 is 0 Å². The van der Waals surface area contributed by atoms with Gasteiger partial charge in [-0.3, -0.25) is 4.79 Å². The van der Waals surface area contributed by atoms with Gasteiger partial charge in [-0.2, -0.15) is 0 Å². The summed E-state index contributed by atoms with van der Waals surface area (Å²) in [5.74, 6) is 0.740. The van der Waals surface area contributed by atoms with E-state index in [0.717, 1.165) is 0 Å². The quantitative estimate of drug-likeness (QED) is 0.768. The van der Waals surface area contributed by atoms with E-state index in [2.05, 4.69) is 9.97 Å². The zero-order chi connectivity index (χ0) is 18.6. The maximum atomic E-state index is 13.8. The minimum absolute atomic E-state index is 0.117. The summed E-state index contributed by atoms with van der Waals surface area (Å²) in [4.78, 5) is 24.8. The average Bonchev–Trinajstić information content (AvgIpc) is 2.72. The van der Waals surface area contributed by atoms with Crippen LogP contribution in [0.15, 0.2) is 36.7 Å². The summed E-state index contributed by atoms with van der Waals surface area (Å²) in [6, 6.07) is 4.52. The smallest absolute Gasteiger partial charge is 0.246 e. The van der Waals surface area contributed by atoms with Crippen molar-refractivity contribution in [1.82, 2.24) is 14.9 Å². The fourth-order valence-electron chi connectivity index (χ4n) is 3.18. The van der Waals surface area contributed by atoms with Crippen molar-refractivity contribution in [1.29, 1.82) is 0 Å². The highest BCUT2D eigenvalue weighted by atomic mass is 19.1. The van der Waals surface area contributed by atoms with Crippen molar-refractivity contribution in [2.45, 2.75) is 6.61 Å². The minimum Gasteiger partial charge on any atom is -0.467 e. The zero-order valence-corrected chi connectivity index (χ0v) is 14.7. The Kier molecular flexibility index (Phi) is 4.97. The van der Waals surface area contributed by atoms with Gasteiger partial charge >= 0.3 is 0 Å². The largest absolute Gasteiger partial charge is 0.467 e. The van der Waals surface area contributed by atoms with E-state index in [1.165, 1.54) is 18.2 Å². The molecule has 7 nitrogen and oxygen atoms in total. The number of hydrogen-bond donors (Lipinski definition) is 0. The van der Waals surface area contributed by atoms with Gasteiger partial charge in [0.25, 0.3) is 0 Å². The summed E-state index contributed by atoms with van der Waals surface area (Å²) in [7, 11) is 0. The third-order valence-corrected chi connectivity index (χ3v) is 4.54. The molecule has 4 rings (SSSR count). The number of aromatic nitrogens is 2. The predicted octanol–water partition coefficient (Wildman–Crippen LogP) is 1.84. The lowest BCUT2D eigenvalue weighted by molar-refractivity contribution is -0.126. The highest BCUT2D eigenvalue weighted by molar-refractivity contribution is 5.92. The van der Waals surface area contributed by atoms with Crippen LogP contribution in [0, 0.1) is 5.82 Å². The van der Waals surface area contributed by atoms with Gasteiger partial charge < -0.3 is 19.3 Å². The number of amides is 1. The van der Waals surface area contributed by atoms with Crippen LogP contribution < -0.4 is 9.64 Å². The van der Waals surface area contributed by atoms with Crippen molar-refractivity contribution in [3.63, 3.8) is 0 Å². The molecule has 0 bridgehead atoms. The highest BCUT2D eigenvalue weighted by Gasteiger charge is 2.21. The fourth-order valence-corrected chi connectivity index (χ4v) is 3.18. The van der Waals surface area contributed by atoms with Gasteiger partial charge in [-0.15, -0.1) is 0 Å². The van der Waals surface area contributed by atoms with Crippen molar-refractivity contribution < 1.29 is 18.7 Å². The Morgan fingerprint density at radius 2 is 1.93 bits per heavy atom. The van der Waals surface area contributed by atoms with Crippen molar-refractivity contribution in [2.24, 2.45) is 0 Å². The number of piperazine rings is 1. The van der Waals surface area contributed by atoms with Gasteiger partial charge in [0.05, 0.1) is 6.61 Å². The van der Waals surface area contributed by atoms with E-state index < -0.39 is 0 Å². The van der Waals surface area contributed by atoms with E-state index in [0.29, 0.717) is 55.6 Å². The Bertz CT molecular complexity index is 852. The second-order valence-electron chi connectivity index (χ2n) is 6.29. The summed E-state index contributed by atoms with van der Waals surface area (Å²) in [5, 5.41) is 0. The summed E-state index contributed by atoms with van der Waals surface area (Å²) >= 11 is 0. The van der Waals surface area contributed by atoms with Crippen molar-refractivity contribution >= 4 is 17.9 Å². The second-order valence-corrected chi connectivity index (χ2v) is 6.29. The van der Waals surface area contributed by atoms with Gasteiger partial charge in [0, 0.05) is 55.8 Å². The third-order valence-electron chi connectivity index (χ3n) is 4.54. The first kappa shape index (κ1) is 17.4.